The van der Waals surface area contributed by atoms with E-state index in [0.29, 0.717) is 17.6 Å². The third-order valence-electron chi connectivity index (χ3n) is 4.98. The van der Waals surface area contributed by atoms with Gasteiger partial charge in [-0.1, -0.05) is 18.2 Å². The zero-order valence-electron chi connectivity index (χ0n) is 15.1. The van der Waals surface area contributed by atoms with Crippen LogP contribution < -0.4 is 0 Å². The van der Waals surface area contributed by atoms with Crippen LogP contribution in [0, 0.1) is 5.92 Å². The summed E-state index contributed by atoms with van der Waals surface area (Å²) in [5.41, 5.74) is 2.07. The van der Waals surface area contributed by atoms with E-state index < -0.39 is 36.0 Å². The monoisotopic (exact) mass is 358 g/mol. The van der Waals surface area contributed by atoms with E-state index in [-0.39, 0.29) is 18.1 Å². The third-order valence-corrected chi connectivity index (χ3v) is 4.98. The molecule has 0 aromatic rings. The molecule has 0 aromatic carbocycles. The predicted molar refractivity (Wildman–Crippen MR) is 92.8 cm³/mol. The summed E-state index contributed by atoms with van der Waals surface area (Å²) >= 11 is 0. The minimum atomic E-state index is -0.749. The van der Waals surface area contributed by atoms with Gasteiger partial charge in [-0.2, -0.15) is 0 Å². The van der Waals surface area contributed by atoms with Gasteiger partial charge in [0.05, 0.1) is 5.92 Å². The van der Waals surface area contributed by atoms with Gasteiger partial charge in [0.2, 0.25) is 0 Å². The molecule has 0 radical (unpaired) electrons. The molecule has 3 aliphatic rings. The number of carbonyl (C=O) groups excluding carboxylic acids is 3. The Kier molecular flexibility index (Phi) is 4.85. The Morgan fingerprint density at radius 2 is 1.96 bits per heavy atom. The van der Waals surface area contributed by atoms with Gasteiger partial charge < -0.3 is 14.2 Å². The molecule has 0 N–H and O–H groups in total. The molecule has 0 aromatic heterocycles. The number of hydrogen-bond acceptors (Lipinski definition) is 6. The van der Waals surface area contributed by atoms with Crippen LogP contribution in [0.25, 0.3) is 0 Å². The molecule has 6 heteroatoms. The second kappa shape index (κ2) is 6.94. The molecule has 2 bridgehead atoms. The van der Waals surface area contributed by atoms with E-state index in [0.717, 1.165) is 5.57 Å². The first-order valence-corrected chi connectivity index (χ1v) is 8.62. The maximum atomic E-state index is 12.3. The summed E-state index contributed by atoms with van der Waals surface area (Å²) in [6, 6.07) is 0. The molecule has 2 aliphatic heterocycles. The molecule has 4 atom stereocenters. The number of ether oxygens (including phenoxy) is 3. The number of carbonyl (C=O) groups is 3. The minimum Gasteiger partial charge on any atom is -0.458 e. The second-order valence-electron chi connectivity index (χ2n) is 6.89. The highest BCUT2D eigenvalue weighted by atomic mass is 16.6. The van der Waals surface area contributed by atoms with Gasteiger partial charge in [-0.05, 0) is 32.9 Å². The summed E-state index contributed by atoms with van der Waals surface area (Å²) in [5, 5.41) is 0. The highest BCUT2D eigenvalue weighted by Gasteiger charge is 2.46. The molecule has 3 rings (SSSR count). The summed E-state index contributed by atoms with van der Waals surface area (Å²) < 4.78 is 16.5. The van der Waals surface area contributed by atoms with E-state index in [1.807, 2.05) is 13.0 Å². The van der Waals surface area contributed by atoms with E-state index in [9.17, 15) is 14.4 Å². The van der Waals surface area contributed by atoms with Crippen molar-refractivity contribution in [2.45, 2.75) is 51.9 Å². The van der Waals surface area contributed by atoms with Crippen molar-refractivity contribution in [3.63, 3.8) is 0 Å². The molecule has 0 spiro atoms. The Labute approximate surface area is 152 Å². The number of hydrogen-bond donors (Lipinski definition) is 0. The van der Waals surface area contributed by atoms with Crippen molar-refractivity contribution in [3.05, 3.63) is 47.1 Å². The van der Waals surface area contributed by atoms with Crippen LogP contribution in [0.15, 0.2) is 47.1 Å². The molecule has 0 amide bonds. The van der Waals surface area contributed by atoms with Gasteiger partial charge in [0.1, 0.15) is 18.3 Å². The first-order chi connectivity index (χ1) is 12.3. The normalized spacial score (nSPS) is 33.5. The van der Waals surface area contributed by atoms with Crippen molar-refractivity contribution in [3.8, 4) is 0 Å². The highest BCUT2D eigenvalue weighted by Crippen LogP contribution is 2.38. The highest BCUT2D eigenvalue weighted by molar-refractivity contribution is 5.93. The molecular formula is C20H22O6. The lowest BCUT2D eigenvalue weighted by Crippen LogP contribution is -2.34. The van der Waals surface area contributed by atoms with Crippen LogP contribution >= 0.6 is 0 Å². The Hall–Kier alpha value is -2.63. The first-order valence-electron chi connectivity index (χ1n) is 8.62. The third kappa shape index (κ3) is 3.36. The molecule has 0 saturated carbocycles. The lowest BCUT2D eigenvalue weighted by Gasteiger charge is -2.26. The fourth-order valence-electron chi connectivity index (χ4n) is 3.44. The molecule has 6 nitrogen and oxygen atoms in total. The number of fused-ring (bicyclic) bond motifs is 2. The van der Waals surface area contributed by atoms with Crippen LogP contribution in [0.2, 0.25) is 0 Å². The smallest absolute Gasteiger partial charge is 0.334 e. The van der Waals surface area contributed by atoms with E-state index >= 15 is 0 Å². The van der Waals surface area contributed by atoms with Gasteiger partial charge in [0.15, 0.2) is 0 Å². The Morgan fingerprint density at radius 3 is 2.65 bits per heavy atom. The second-order valence-corrected chi connectivity index (χ2v) is 6.89. The van der Waals surface area contributed by atoms with Gasteiger partial charge in [-0.25, -0.2) is 14.4 Å². The molecule has 0 unspecified atom stereocenters. The Morgan fingerprint density at radius 1 is 1.23 bits per heavy atom. The average molecular weight is 358 g/mol. The van der Waals surface area contributed by atoms with Gasteiger partial charge in [0, 0.05) is 29.6 Å². The molecular weight excluding hydrogens is 336 g/mol. The summed E-state index contributed by atoms with van der Waals surface area (Å²) in [6.45, 7) is 9.10. The van der Waals surface area contributed by atoms with Crippen LogP contribution in [0.5, 0.6) is 0 Å². The molecule has 2 heterocycles. The van der Waals surface area contributed by atoms with Crippen LogP contribution in [0.4, 0.5) is 0 Å². The van der Waals surface area contributed by atoms with Crippen LogP contribution in [-0.4, -0.2) is 36.2 Å². The van der Waals surface area contributed by atoms with Crippen LogP contribution in [0.3, 0.4) is 0 Å². The lowest BCUT2D eigenvalue weighted by atomic mass is 9.85. The molecule has 138 valence electrons. The van der Waals surface area contributed by atoms with Gasteiger partial charge in [0.25, 0.3) is 0 Å². The topological polar surface area (TPSA) is 78.9 Å². The summed E-state index contributed by atoms with van der Waals surface area (Å²) in [5.74, 6) is -1.96. The number of esters is 3. The summed E-state index contributed by atoms with van der Waals surface area (Å²) in [6.07, 6.45) is 4.26. The molecule has 1 fully saturated rings. The van der Waals surface area contributed by atoms with Crippen molar-refractivity contribution in [1.29, 1.82) is 0 Å². The zero-order valence-corrected chi connectivity index (χ0v) is 15.1. The van der Waals surface area contributed by atoms with Crippen LogP contribution in [0.1, 0.15) is 33.6 Å². The Bertz CT molecular complexity index is 769. The van der Waals surface area contributed by atoms with Crippen molar-refractivity contribution >= 4 is 17.9 Å². The summed E-state index contributed by atoms with van der Waals surface area (Å²) in [7, 11) is 0. The quantitative estimate of drug-likeness (QED) is 0.327. The molecule has 1 aliphatic carbocycles. The van der Waals surface area contributed by atoms with E-state index in [4.69, 9.17) is 14.2 Å². The van der Waals surface area contributed by atoms with E-state index in [1.54, 1.807) is 26.0 Å². The minimum absolute atomic E-state index is 0.155. The molecule has 26 heavy (non-hydrogen) atoms. The van der Waals surface area contributed by atoms with Crippen molar-refractivity contribution in [2.75, 3.05) is 0 Å². The first kappa shape index (κ1) is 18.2. The Balaban J connectivity index is 2.00. The zero-order chi connectivity index (χ0) is 19.0. The standard InChI is InChI=1S/C20H22O6/c1-5-11(3)18(21)25-16-9-13-8-14(24-20(13)23)6-10(2)7-15-17(16)12(4)19(22)26-15/h5,7-8,14-17H,4,6,9H2,1-3H3/b10-7-,11-5+/t14-,15+,16-,17-/m0/s1. The summed E-state index contributed by atoms with van der Waals surface area (Å²) in [4.78, 5) is 36.6. The van der Waals surface area contributed by atoms with Crippen molar-refractivity contribution in [1.82, 2.24) is 0 Å². The van der Waals surface area contributed by atoms with Crippen LogP contribution in [-0.2, 0) is 28.6 Å². The fraction of sp³-hybridized carbons (Fsp3) is 0.450. The van der Waals surface area contributed by atoms with Gasteiger partial charge in [-0.15, -0.1) is 0 Å². The van der Waals surface area contributed by atoms with Crippen molar-refractivity contribution < 1.29 is 28.6 Å². The molecule has 1 saturated heterocycles. The maximum Gasteiger partial charge on any atom is 0.334 e. The number of allylic oxidation sites excluding steroid dienone is 1. The average Bonchev–Trinajstić information content (AvgIpc) is 3.04. The van der Waals surface area contributed by atoms with Crippen molar-refractivity contribution in [2.24, 2.45) is 5.92 Å². The van der Waals surface area contributed by atoms with E-state index in [1.165, 1.54) is 0 Å². The SMILES string of the molecule is C=C1C(=O)O[C@@H]2/C=C(/C)C[C@H]3C=C(C[C@H](OC(=O)/C(C)=C/C)[C@@H]12)C(=O)O3. The van der Waals surface area contributed by atoms with Gasteiger partial charge >= 0.3 is 17.9 Å². The maximum absolute atomic E-state index is 12.3. The lowest BCUT2D eigenvalue weighted by molar-refractivity contribution is -0.148. The largest absolute Gasteiger partial charge is 0.458 e. The predicted octanol–water partition coefficient (Wildman–Crippen LogP) is 2.55. The fourth-order valence-corrected chi connectivity index (χ4v) is 3.44. The van der Waals surface area contributed by atoms with Gasteiger partial charge in [-0.3, -0.25) is 0 Å². The number of rotatable bonds is 2. The van der Waals surface area contributed by atoms with E-state index in [2.05, 4.69) is 6.58 Å².